The van der Waals surface area contributed by atoms with Gasteiger partial charge in [-0.2, -0.15) is 0 Å². The predicted octanol–water partition coefficient (Wildman–Crippen LogP) is 4.89. The van der Waals surface area contributed by atoms with Crippen LogP contribution in [0.15, 0.2) is 78.0 Å². The molecule has 2 heterocycles. The second-order valence-corrected chi connectivity index (χ2v) is 8.74. The Labute approximate surface area is 205 Å². The van der Waals surface area contributed by atoms with E-state index in [9.17, 15) is 9.59 Å². The Kier molecular flexibility index (Phi) is 6.15. The summed E-state index contributed by atoms with van der Waals surface area (Å²) >= 11 is 1.27. The molecule has 35 heavy (non-hydrogen) atoms. The molecule has 5 rings (SSSR count). The number of benzene rings is 3. The van der Waals surface area contributed by atoms with Gasteiger partial charge in [0.25, 0.3) is 0 Å². The van der Waals surface area contributed by atoms with Gasteiger partial charge in [0.15, 0.2) is 16.6 Å². The fraction of sp³-hybridized carbons (Fsp3) is 0.115. The summed E-state index contributed by atoms with van der Waals surface area (Å²) in [6.07, 6.45) is 0. The fourth-order valence-electron chi connectivity index (χ4n) is 3.72. The van der Waals surface area contributed by atoms with E-state index < -0.39 is 0 Å². The zero-order valence-corrected chi connectivity index (χ0v) is 19.9. The summed E-state index contributed by atoms with van der Waals surface area (Å²) < 4.78 is 7.27. The summed E-state index contributed by atoms with van der Waals surface area (Å²) in [5, 5.41) is 13.1. The third-order valence-corrected chi connectivity index (χ3v) is 6.38. The smallest absolute Gasteiger partial charge is 0.234 e. The molecule has 0 bridgehead atoms. The minimum Gasteiger partial charge on any atom is -0.497 e. The van der Waals surface area contributed by atoms with Gasteiger partial charge in [0.05, 0.1) is 18.4 Å². The number of aromatic nitrogens is 4. The van der Waals surface area contributed by atoms with Crippen molar-refractivity contribution in [2.24, 2.45) is 0 Å². The van der Waals surface area contributed by atoms with Crippen LogP contribution in [0.3, 0.4) is 0 Å². The maximum absolute atomic E-state index is 12.6. The van der Waals surface area contributed by atoms with Gasteiger partial charge in [0.2, 0.25) is 5.91 Å². The van der Waals surface area contributed by atoms with E-state index in [1.165, 1.54) is 18.7 Å². The maximum atomic E-state index is 12.6. The van der Waals surface area contributed by atoms with Crippen LogP contribution in [-0.2, 0) is 4.79 Å². The van der Waals surface area contributed by atoms with E-state index in [0.717, 1.165) is 16.5 Å². The van der Waals surface area contributed by atoms with Gasteiger partial charge >= 0.3 is 0 Å². The summed E-state index contributed by atoms with van der Waals surface area (Å²) in [4.78, 5) is 29.0. The van der Waals surface area contributed by atoms with E-state index in [1.54, 1.807) is 31.4 Å². The number of rotatable bonds is 7. The van der Waals surface area contributed by atoms with Gasteiger partial charge in [-0.15, -0.1) is 10.2 Å². The van der Waals surface area contributed by atoms with Crippen LogP contribution in [0.25, 0.3) is 27.9 Å². The zero-order chi connectivity index (χ0) is 24.4. The molecule has 3 aromatic carbocycles. The van der Waals surface area contributed by atoms with Crippen LogP contribution in [0.1, 0.15) is 17.3 Å². The lowest BCUT2D eigenvalue weighted by Gasteiger charge is -2.11. The minimum absolute atomic E-state index is 0.0231. The van der Waals surface area contributed by atoms with Crippen LogP contribution in [0.5, 0.6) is 5.75 Å². The molecule has 0 fully saturated rings. The lowest BCUT2D eigenvalue weighted by molar-refractivity contribution is -0.113. The van der Waals surface area contributed by atoms with Crippen LogP contribution in [0, 0.1) is 0 Å². The molecule has 0 unspecified atom stereocenters. The molecule has 0 aliphatic rings. The van der Waals surface area contributed by atoms with Gasteiger partial charge < -0.3 is 10.1 Å². The Hall–Kier alpha value is -4.24. The fourth-order valence-corrected chi connectivity index (χ4v) is 4.46. The highest BCUT2D eigenvalue weighted by atomic mass is 32.2. The first-order chi connectivity index (χ1) is 17.0. The molecule has 0 aliphatic heterocycles. The van der Waals surface area contributed by atoms with Crippen LogP contribution in [0.2, 0.25) is 0 Å². The molecular formula is C26H21N5O3S. The van der Waals surface area contributed by atoms with Crippen LogP contribution < -0.4 is 10.1 Å². The van der Waals surface area contributed by atoms with Crippen LogP contribution in [-0.4, -0.2) is 44.1 Å². The Bertz CT molecular complexity index is 1560. The summed E-state index contributed by atoms with van der Waals surface area (Å²) in [6, 6.07) is 22.2. The molecule has 0 atom stereocenters. The topological polar surface area (TPSA) is 98.5 Å². The Balaban J connectivity index is 1.47. The molecule has 1 N–H and O–H groups in total. The second kappa shape index (κ2) is 9.55. The quantitative estimate of drug-likeness (QED) is 0.260. The van der Waals surface area contributed by atoms with E-state index in [-0.39, 0.29) is 17.4 Å². The molecule has 0 spiro atoms. The summed E-state index contributed by atoms with van der Waals surface area (Å²) in [5.41, 5.74) is 3.52. The average molecular weight is 484 g/mol. The summed E-state index contributed by atoms with van der Waals surface area (Å²) in [7, 11) is 1.62. The first kappa shape index (κ1) is 22.5. The SMILES string of the molecule is COc1cccc(-c2nc3ccccc3c3nnc(SCC(=O)Nc4ccc(C(C)=O)cc4)n23)c1. The van der Waals surface area contributed by atoms with Crippen LogP contribution in [0.4, 0.5) is 5.69 Å². The largest absolute Gasteiger partial charge is 0.497 e. The highest BCUT2D eigenvalue weighted by Crippen LogP contribution is 2.30. The Morgan fingerprint density at radius 3 is 2.57 bits per heavy atom. The van der Waals surface area contributed by atoms with E-state index >= 15 is 0 Å². The number of hydrogen-bond donors (Lipinski definition) is 1. The molecule has 2 aromatic heterocycles. The zero-order valence-electron chi connectivity index (χ0n) is 19.1. The molecule has 0 saturated carbocycles. The van der Waals surface area contributed by atoms with Gasteiger partial charge in [-0.05, 0) is 55.5 Å². The minimum atomic E-state index is -0.195. The lowest BCUT2D eigenvalue weighted by Crippen LogP contribution is -2.14. The number of amides is 1. The molecule has 9 heteroatoms. The number of methoxy groups -OCH3 is 1. The number of carbonyl (C=O) groups is 2. The molecule has 5 aromatic rings. The highest BCUT2D eigenvalue weighted by Gasteiger charge is 2.18. The molecule has 8 nitrogen and oxygen atoms in total. The summed E-state index contributed by atoms with van der Waals surface area (Å²) in [5.74, 6) is 1.28. The highest BCUT2D eigenvalue weighted by molar-refractivity contribution is 7.99. The monoisotopic (exact) mass is 483 g/mol. The van der Waals surface area contributed by atoms with Gasteiger partial charge in [-0.25, -0.2) is 4.98 Å². The van der Waals surface area contributed by atoms with Crippen molar-refractivity contribution in [1.29, 1.82) is 0 Å². The Morgan fingerprint density at radius 2 is 1.80 bits per heavy atom. The maximum Gasteiger partial charge on any atom is 0.234 e. The average Bonchev–Trinajstić information content (AvgIpc) is 3.32. The van der Waals surface area contributed by atoms with Gasteiger partial charge in [-0.1, -0.05) is 36.0 Å². The number of fused-ring (bicyclic) bond motifs is 3. The van der Waals surface area contributed by atoms with Gasteiger partial charge in [-0.3, -0.25) is 14.0 Å². The molecule has 174 valence electrons. The molecule has 0 radical (unpaired) electrons. The van der Waals surface area contributed by atoms with Crippen LogP contribution >= 0.6 is 11.8 Å². The number of para-hydroxylation sites is 1. The van der Waals surface area contributed by atoms with E-state index in [0.29, 0.717) is 33.6 Å². The third-order valence-electron chi connectivity index (χ3n) is 5.45. The van der Waals surface area contributed by atoms with Crippen molar-refractivity contribution >= 4 is 45.7 Å². The van der Waals surface area contributed by atoms with E-state index in [2.05, 4.69) is 15.5 Å². The number of nitrogens with zero attached hydrogens (tertiary/aromatic N) is 4. The molecular weight excluding hydrogens is 462 g/mol. The first-order valence-corrected chi connectivity index (χ1v) is 11.8. The number of carbonyl (C=O) groups excluding carboxylic acids is 2. The number of Topliss-reactive ketones (excluding diaryl/α,β-unsaturated/α-hetero) is 1. The van der Waals surface area contributed by atoms with Crippen molar-refractivity contribution in [1.82, 2.24) is 19.6 Å². The second-order valence-electron chi connectivity index (χ2n) is 7.80. The van der Waals surface area contributed by atoms with Crippen molar-refractivity contribution in [2.45, 2.75) is 12.1 Å². The first-order valence-electron chi connectivity index (χ1n) is 10.9. The van der Waals surface area contributed by atoms with E-state index in [4.69, 9.17) is 9.72 Å². The lowest BCUT2D eigenvalue weighted by atomic mass is 10.1. The number of hydrogen-bond acceptors (Lipinski definition) is 7. The Morgan fingerprint density at radius 1 is 1.00 bits per heavy atom. The predicted molar refractivity (Wildman–Crippen MR) is 136 cm³/mol. The van der Waals surface area contributed by atoms with Crippen molar-refractivity contribution in [3.63, 3.8) is 0 Å². The number of anilines is 1. The number of ether oxygens (including phenoxy) is 1. The van der Waals surface area contributed by atoms with Crippen molar-refractivity contribution < 1.29 is 14.3 Å². The van der Waals surface area contributed by atoms with E-state index in [1.807, 2.05) is 52.9 Å². The number of ketones is 1. The summed E-state index contributed by atoms with van der Waals surface area (Å²) in [6.45, 7) is 1.50. The van der Waals surface area contributed by atoms with Gasteiger partial charge in [0, 0.05) is 22.2 Å². The number of nitrogens with one attached hydrogen (secondary N) is 1. The van der Waals surface area contributed by atoms with Crippen molar-refractivity contribution in [3.8, 4) is 17.1 Å². The molecule has 0 aliphatic carbocycles. The van der Waals surface area contributed by atoms with Crippen molar-refractivity contribution in [3.05, 3.63) is 78.4 Å². The third kappa shape index (κ3) is 4.58. The molecule has 0 saturated heterocycles. The van der Waals surface area contributed by atoms with Gasteiger partial charge in [0.1, 0.15) is 11.6 Å². The normalized spacial score (nSPS) is 11.0. The molecule has 1 amide bonds. The number of thioether (sulfide) groups is 1. The standard InChI is InChI=1S/C26H21N5O3S/c1-16(32)17-10-12-19(13-11-17)27-23(33)15-35-26-30-29-25-21-8-3-4-9-22(21)28-24(31(25)26)18-6-5-7-20(14-18)34-2/h3-14H,15H2,1-2H3,(H,27,33). The van der Waals surface area contributed by atoms with Crippen molar-refractivity contribution in [2.75, 3.05) is 18.2 Å².